The van der Waals surface area contributed by atoms with E-state index in [0.717, 1.165) is 0 Å². The van der Waals surface area contributed by atoms with Crippen molar-refractivity contribution in [3.63, 3.8) is 0 Å². The standard InChI is InChI=1S/C9H10N6O2/c16-8(17)7-1-2-10-9(13-7)11-3-5-15-6-4-12-14-15/h1-2,4,6H,3,5H2,(H,16,17)(H,10,11,13). The molecule has 0 fully saturated rings. The molecule has 8 heteroatoms. The molecule has 88 valence electrons. The van der Waals surface area contributed by atoms with Gasteiger partial charge in [-0.15, -0.1) is 5.10 Å². The van der Waals surface area contributed by atoms with Crippen LogP contribution in [0, 0.1) is 0 Å². The average molecular weight is 234 g/mol. The van der Waals surface area contributed by atoms with Gasteiger partial charge in [-0.2, -0.15) is 0 Å². The third-order valence-electron chi connectivity index (χ3n) is 1.97. The van der Waals surface area contributed by atoms with Gasteiger partial charge in [0.05, 0.1) is 12.7 Å². The highest BCUT2D eigenvalue weighted by atomic mass is 16.4. The SMILES string of the molecule is O=C(O)c1ccnc(NCCn2ccnn2)n1. The number of hydrogen-bond donors (Lipinski definition) is 2. The van der Waals surface area contributed by atoms with E-state index in [0.29, 0.717) is 13.1 Å². The van der Waals surface area contributed by atoms with Crippen LogP contribution < -0.4 is 5.32 Å². The van der Waals surface area contributed by atoms with E-state index in [1.54, 1.807) is 17.1 Å². The molecule has 0 amide bonds. The maximum atomic E-state index is 10.7. The smallest absolute Gasteiger partial charge is 0.354 e. The molecule has 2 N–H and O–H groups in total. The van der Waals surface area contributed by atoms with Gasteiger partial charge in [-0.3, -0.25) is 4.68 Å². The Morgan fingerprint density at radius 2 is 2.35 bits per heavy atom. The summed E-state index contributed by atoms with van der Waals surface area (Å²) in [5, 5.41) is 19.1. The van der Waals surface area contributed by atoms with Crippen molar-refractivity contribution in [3.05, 3.63) is 30.4 Å². The molecular formula is C9H10N6O2. The highest BCUT2D eigenvalue weighted by Crippen LogP contribution is 2.00. The predicted octanol–water partition coefficient (Wildman–Crippen LogP) is -0.122. The molecule has 0 aliphatic carbocycles. The first-order valence-corrected chi connectivity index (χ1v) is 4.90. The molecule has 2 heterocycles. The van der Waals surface area contributed by atoms with E-state index in [4.69, 9.17) is 5.11 Å². The molecule has 0 aliphatic heterocycles. The first-order valence-electron chi connectivity index (χ1n) is 4.90. The summed E-state index contributed by atoms with van der Waals surface area (Å²) in [6.07, 6.45) is 4.71. The van der Waals surface area contributed by atoms with Gasteiger partial charge in [0.15, 0.2) is 5.69 Å². The predicted molar refractivity (Wildman–Crippen MR) is 57.5 cm³/mol. The Bertz CT molecular complexity index is 498. The molecule has 17 heavy (non-hydrogen) atoms. The van der Waals surface area contributed by atoms with Crippen molar-refractivity contribution in [1.29, 1.82) is 0 Å². The van der Waals surface area contributed by atoms with Crippen molar-refractivity contribution in [2.24, 2.45) is 0 Å². The second-order valence-corrected chi connectivity index (χ2v) is 3.16. The number of nitrogens with one attached hydrogen (secondary N) is 1. The van der Waals surface area contributed by atoms with E-state index in [1.807, 2.05) is 0 Å². The number of nitrogens with zero attached hydrogens (tertiary/aromatic N) is 5. The summed E-state index contributed by atoms with van der Waals surface area (Å²) in [5.74, 6) is -0.795. The van der Waals surface area contributed by atoms with Crippen molar-refractivity contribution in [3.8, 4) is 0 Å². The number of rotatable bonds is 5. The minimum absolute atomic E-state index is 0.0387. The monoisotopic (exact) mass is 234 g/mol. The van der Waals surface area contributed by atoms with Gasteiger partial charge in [0.25, 0.3) is 0 Å². The molecule has 0 bridgehead atoms. The third-order valence-corrected chi connectivity index (χ3v) is 1.97. The van der Waals surface area contributed by atoms with Crippen molar-refractivity contribution in [2.45, 2.75) is 6.54 Å². The third kappa shape index (κ3) is 2.97. The van der Waals surface area contributed by atoms with Crippen molar-refractivity contribution >= 4 is 11.9 Å². The summed E-state index contributed by atoms with van der Waals surface area (Å²) in [4.78, 5) is 18.4. The summed E-state index contributed by atoms with van der Waals surface area (Å²) in [7, 11) is 0. The number of aromatic carboxylic acids is 1. The van der Waals surface area contributed by atoms with E-state index >= 15 is 0 Å². The van der Waals surface area contributed by atoms with Gasteiger partial charge in [-0.1, -0.05) is 5.21 Å². The Kier molecular flexibility index (Phi) is 3.24. The number of carbonyl (C=O) groups is 1. The van der Waals surface area contributed by atoms with Gasteiger partial charge in [0, 0.05) is 18.9 Å². The lowest BCUT2D eigenvalue weighted by Gasteiger charge is -2.04. The summed E-state index contributed by atoms with van der Waals surface area (Å²) in [6.45, 7) is 1.13. The largest absolute Gasteiger partial charge is 0.477 e. The van der Waals surface area contributed by atoms with Crippen molar-refractivity contribution in [1.82, 2.24) is 25.0 Å². The zero-order valence-electron chi connectivity index (χ0n) is 8.82. The first-order chi connectivity index (χ1) is 8.25. The van der Waals surface area contributed by atoms with Crippen molar-refractivity contribution in [2.75, 3.05) is 11.9 Å². The van der Waals surface area contributed by atoms with Crippen LogP contribution >= 0.6 is 0 Å². The minimum atomic E-state index is -1.08. The fourth-order valence-electron chi connectivity index (χ4n) is 1.20. The lowest BCUT2D eigenvalue weighted by Crippen LogP contribution is -2.14. The second-order valence-electron chi connectivity index (χ2n) is 3.16. The van der Waals surface area contributed by atoms with E-state index < -0.39 is 5.97 Å². The molecular weight excluding hydrogens is 224 g/mol. The van der Waals surface area contributed by atoms with Crippen LogP contribution in [-0.4, -0.2) is 42.6 Å². The van der Waals surface area contributed by atoms with Crippen LogP contribution in [0.15, 0.2) is 24.7 Å². The summed E-state index contributed by atoms with van der Waals surface area (Å²) < 4.78 is 1.65. The molecule has 0 saturated carbocycles. The molecule has 2 rings (SSSR count). The Morgan fingerprint density at radius 1 is 1.47 bits per heavy atom. The van der Waals surface area contributed by atoms with Crippen molar-refractivity contribution < 1.29 is 9.90 Å². The van der Waals surface area contributed by atoms with Gasteiger partial charge in [-0.25, -0.2) is 14.8 Å². The maximum Gasteiger partial charge on any atom is 0.354 e. The highest BCUT2D eigenvalue weighted by molar-refractivity contribution is 5.85. The number of carboxylic acids is 1. The molecule has 0 aromatic carbocycles. The van der Waals surface area contributed by atoms with Crippen LogP contribution in [0.5, 0.6) is 0 Å². The normalized spacial score (nSPS) is 10.1. The lowest BCUT2D eigenvalue weighted by atomic mass is 10.4. The average Bonchev–Trinajstić information content (AvgIpc) is 2.82. The number of anilines is 1. The van der Waals surface area contributed by atoms with E-state index in [-0.39, 0.29) is 11.6 Å². The maximum absolute atomic E-state index is 10.7. The molecule has 0 spiro atoms. The molecule has 0 atom stereocenters. The number of carboxylic acid groups (broad SMARTS) is 1. The molecule has 0 unspecified atom stereocenters. The minimum Gasteiger partial charge on any atom is -0.477 e. The number of aromatic nitrogens is 5. The van der Waals surface area contributed by atoms with E-state index in [2.05, 4.69) is 25.6 Å². The highest BCUT2D eigenvalue weighted by Gasteiger charge is 2.05. The molecule has 8 nitrogen and oxygen atoms in total. The Hall–Kier alpha value is -2.51. The summed E-state index contributed by atoms with van der Waals surface area (Å²) >= 11 is 0. The van der Waals surface area contributed by atoms with Crippen LogP contribution in [-0.2, 0) is 6.54 Å². The van der Waals surface area contributed by atoms with Gasteiger partial charge in [0.1, 0.15) is 0 Å². The zero-order valence-corrected chi connectivity index (χ0v) is 8.82. The quantitative estimate of drug-likeness (QED) is 0.742. The van der Waals surface area contributed by atoms with Crippen LogP contribution in [0.1, 0.15) is 10.5 Å². The first kappa shape index (κ1) is 11.0. The van der Waals surface area contributed by atoms with Crippen LogP contribution in [0.3, 0.4) is 0 Å². The zero-order chi connectivity index (χ0) is 12.1. The van der Waals surface area contributed by atoms with Gasteiger partial charge in [0.2, 0.25) is 5.95 Å². The van der Waals surface area contributed by atoms with Gasteiger partial charge < -0.3 is 10.4 Å². The Morgan fingerprint density at radius 3 is 3.06 bits per heavy atom. The molecule has 2 aromatic heterocycles. The molecule has 0 saturated heterocycles. The molecule has 0 aliphatic rings. The summed E-state index contributed by atoms with van der Waals surface area (Å²) in [6, 6.07) is 1.34. The van der Waals surface area contributed by atoms with Gasteiger partial charge >= 0.3 is 5.97 Å². The fraction of sp³-hybridized carbons (Fsp3) is 0.222. The van der Waals surface area contributed by atoms with Crippen LogP contribution in [0.2, 0.25) is 0 Å². The second kappa shape index (κ2) is 5.01. The van der Waals surface area contributed by atoms with Gasteiger partial charge in [-0.05, 0) is 6.07 Å². The Labute approximate surface area is 96.3 Å². The summed E-state index contributed by atoms with van der Waals surface area (Å²) in [5.41, 5.74) is -0.0387. The fourth-order valence-corrected chi connectivity index (χ4v) is 1.20. The van der Waals surface area contributed by atoms with Crippen LogP contribution in [0.4, 0.5) is 5.95 Å². The van der Waals surface area contributed by atoms with Crippen LogP contribution in [0.25, 0.3) is 0 Å². The molecule has 2 aromatic rings. The Balaban J connectivity index is 1.90. The number of hydrogen-bond acceptors (Lipinski definition) is 6. The van der Waals surface area contributed by atoms with E-state index in [9.17, 15) is 4.79 Å². The molecule has 0 radical (unpaired) electrons. The topological polar surface area (TPSA) is 106 Å². The lowest BCUT2D eigenvalue weighted by molar-refractivity contribution is 0.0690. The van der Waals surface area contributed by atoms with E-state index in [1.165, 1.54) is 12.3 Å².